The van der Waals surface area contributed by atoms with Crippen LogP contribution < -0.4 is 0 Å². The van der Waals surface area contributed by atoms with Crippen molar-refractivity contribution in [2.75, 3.05) is 0 Å². The molecule has 1 N–H and O–H groups in total. The van der Waals surface area contributed by atoms with Gasteiger partial charge in [-0.15, -0.1) is 0 Å². The highest BCUT2D eigenvalue weighted by molar-refractivity contribution is 5.91. The van der Waals surface area contributed by atoms with Gasteiger partial charge >= 0.3 is 17.9 Å². The van der Waals surface area contributed by atoms with E-state index in [-0.39, 0.29) is 12.3 Å². The molecule has 2 saturated carbocycles. The van der Waals surface area contributed by atoms with Gasteiger partial charge in [-0.2, -0.15) is 0 Å². The van der Waals surface area contributed by atoms with Crippen LogP contribution >= 0.6 is 0 Å². The number of hydrogen-bond donors (Lipinski definition) is 1. The largest absolute Gasteiger partial charge is 0.459 e. The van der Waals surface area contributed by atoms with Gasteiger partial charge in [-0.1, -0.05) is 19.1 Å². The third-order valence-electron chi connectivity index (χ3n) is 8.26. The van der Waals surface area contributed by atoms with Crippen LogP contribution in [0.2, 0.25) is 0 Å². The molecule has 4 saturated heterocycles. The molecule has 6 fully saturated rings. The molecular formula is C19H20O8. The number of fused-ring (bicyclic) bond motifs is 1. The van der Waals surface area contributed by atoms with E-state index in [0.717, 1.165) is 5.57 Å². The van der Waals surface area contributed by atoms with E-state index in [0.29, 0.717) is 6.42 Å². The number of aliphatic hydroxyl groups is 1. The van der Waals surface area contributed by atoms with Gasteiger partial charge in [0, 0.05) is 0 Å². The molecule has 0 bridgehead atoms. The normalized spacial score (nSPS) is 59.1. The summed E-state index contributed by atoms with van der Waals surface area (Å²) in [7, 11) is 0. The molecule has 8 nitrogen and oxygen atoms in total. The molecule has 144 valence electrons. The number of rotatable bonds is 1. The maximum Gasteiger partial charge on any atom is 0.340 e. The smallest absolute Gasteiger partial charge is 0.340 e. The van der Waals surface area contributed by atoms with Crippen molar-refractivity contribution >= 4 is 17.9 Å². The summed E-state index contributed by atoms with van der Waals surface area (Å²) in [5, 5.41) is 11.5. The van der Waals surface area contributed by atoms with Crippen molar-refractivity contribution in [3.63, 3.8) is 0 Å². The van der Waals surface area contributed by atoms with Gasteiger partial charge in [-0.3, -0.25) is 9.59 Å². The molecule has 0 aromatic rings. The quantitative estimate of drug-likeness (QED) is 0.389. The second-order valence-corrected chi connectivity index (χ2v) is 8.95. The Kier molecular flexibility index (Phi) is 2.51. The molecule has 8 heteroatoms. The Balaban J connectivity index is 1.67. The number of allylic oxidation sites excluding steroid dienone is 1. The Bertz CT molecular complexity index is 851. The monoisotopic (exact) mass is 376 g/mol. The van der Waals surface area contributed by atoms with E-state index in [4.69, 9.17) is 18.9 Å². The number of esters is 3. The Labute approximate surface area is 154 Å². The second-order valence-electron chi connectivity index (χ2n) is 8.95. The van der Waals surface area contributed by atoms with E-state index in [1.54, 1.807) is 6.92 Å². The van der Waals surface area contributed by atoms with Crippen molar-refractivity contribution in [2.45, 2.75) is 56.9 Å². The van der Waals surface area contributed by atoms with Crippen LogP contribution in [0.5, 0.6) is 0 Å². The van der Waals surface area contributed by atoms with Gasteiger partial charge in [0.2, 0.25) is 6.29 Å². The summed E-state index contributed by atoms with van der Waals surface area (Å²) >= 11 is 0. The van der Waals surface area contributed by atoms with Crippen molar-refractivity contribution in [3.8, 4) is 0 Å². The van der Waals surface area contributed by atoms with Crippen molar-refractivity contribution in [2.24, 2.45) is 28.6 Å². The molecule has 10 atom stereocenters. The fraction of sp³-hybridized carbons (Fsp3) is 0.737. The Hall–Kier alpha value is -1.93. The lowest BCUT2D eigenvalue weighted by molar-refractivity contribution is -0.205. The lowest BCUT2D eigenvalue weighted by atomic mass is 9.54. The molecule has 27 heavy (non-hydrogen) atoms. The summed E-state index contributed by atoms with van der Waals surface area (Å²) < 4.78 is 23.0. The lowest BCUT2D eigenvalue weighted by Crippen LogP contribution is -2.58. The average Bonchev–Trinajstić information content (AvgIpc) is 3.31. The van der Waals surface area contributed by atoms with Gasteiger partial charge in [-0.05, 0) is 19.3 Å². The fourth-order valence-electron chi connectivity index (χ4n) is 7.64. The molecule has 2 aliphatic carbocycles. The predicted octanol–water partition coefficient (Wildman–Crippen LogP) is 0.0748. The van der Waals surface area contributed by atoms with Crippen molar-refractivity contribution < 1.29 is 38.4 Å². The van der Waals surface area contributed by atoms with Crippen LogP contribution in [0.25, 0.3) is 0 Å². The number of carbonyl (C=O) groups is 3. The highest BCUT2D eigenvalue weighted by atomic mass is 16.7. The van der Waals surface area contributed by atoms with Gasteiger partial charge in [0.15, 0.2) is 5.60 Å². The van der Waals surface area contributed by atoms with Crippen LogP contribution in [0.15, 0.2) is 12.2 Å². The van der Waals surface area contributed by atoms with Gasteiger partial charge in [0.1, 0.15) is 18.3 Å². The maximum atomic E-state index is 13.2. The molecule has 6 aliphatic rings. The zero-order valence-corrected chi connectivity index (χ0v) is 15.0. The zero-order chi connectivity index (χ0) is 19.1. The Morgan fingerprint density at radius 1 is 1.22 bits per heavy atom. The first-order valence-electron chi connectivity index (χ1n) is 9.36. The average molecular weight is 376 g/mol. The van der Waals surface area contributed by atoms with Gasteiger partial charge in [0.25, 0.3) is 0 Å². The number of carbonyl (C=O) groups excluding carboxylic acids is 3. The van der Waals surface area contributed by atoms with Crippen molar-refractivity contribution in [1.29, 1.82) is 0 Å². The van der Waals surface area contributed by atoms with Crippen LogP contribution in [-0.4, -0.2) is 53.2 Å². The van der Waals surface area contributed by atoms with Crippen molar-refractivity contribution in [1.82, 2.24) is 0 Å². The standard InChI is InChI=1S/C19H20O8/c1-6(2)8-4-9-18-13(21)12-11(7(3)14(22)26-12)19(18,15(23)24-9)27-16-17(8,18)5-10(20)25-16/h7-9,11-13,16,21H,1,4-5H2,2-3H3/t7-,8-,9?,11?,12?,13-,16?,17?,18?,19?/m0/s1. The minimum atomic E-state index is -1.55. The minimum absolute atomic E-state index is 0.0168. The molecule has 0 radical (unpaired) electrons. The van der Waals surface area contributed by atoms with Gasteiger partial charge in [-0.25, -0.2) is 4.79 Å². The summed E-state index contributed by atoms with van der Waals surface area (Å²) in [5.41, 5.74) is -2.88. The summed E-state index contributed by atoms with van der Waals surface area (Å²) in [6.07, 6.45) is -3.20. The maximum absolute atomic E-state index is 13.2. The zero-order valence-electron chi connectivity index (χ0n) is 15.0. The Morgan fingerprint density at radius 2 is 1.96 bits per heavy atom. The van der Waals surface area contributed by atoms with Gasteiger partial charge < -0.3 is 24.1 Å². The Morgan fingerprint density at radius 3 is 2.67 bits per heavy atom. The predicted molar refractivity (Wildman–Crippen MR) is 84.5 cm³/mol. The third-order valence-corrected chi connectivity index (χ3v) is 8.26. The van der Waals surface area contributed by atoms with E-state index in [2.05, 4.69) is 6.58 Å². The number of ether oxygens (including phenoxy) is 4. The second kappa shape index (κ2) is 4.22. The highest BCUT2D eigenvalue weighted by Gasteiger charge is 2.98. The highest BCUT2D eigenvalue weighted by Crippen LogP contribution is 2.83. The summed E-state index contributed by atoms with van der Waals surface area (Å²) in [4.78, 5) is 37.7. The van der Waals surface area contributed by atoms with E-state index in [1.807, 2.05) is 6.92 Å². The van der Waals surface area contributed by atoms with Crippen molar-refractivity contribution in [3.05, 3.63) is 12.2 Å². The fourth-order valence-corrected chi connectivity index (χ4v) is 7.64. The van der Waals surface area contributed by atoms with E-state index in [1.165, 1.54) is 0 Å². The molecule has 0 aromatic heterocycles. The van der Waals surface area contributed by atoms with Crippen LogP contribution in [0.1, 0.15) is 26.7 Å². The topological polar surface area (TPSA) is 108 Å². The van der Waals surface area contributed by atoms with Gasteiger partial charge in [0.05, 0.1) is 29.1 Å². The van der Waals surface area contributed by atoms with E-state index >= 15 is 0 Å². The summed E-state index contributed by atoms with van der Waals surface area (Å²) in [6.45, 7) is 7.62. The van der Waals surface area contributed by atoms with E-state index < -0.39 is 70.8 Å². The van der Waals surface area contributed by atoms with Crippen LogP contribution in [0, 0.1) is 28.6 Å². The first-order valence-corrected chi connectivity index (χ1v) is 9.36. The number of aliphatic hydroxyl groups excluding tert-OH is 1. The number of hydrogen-bond acceptors (Lipinski definition) is 8. The lowest BCUT2D eigenvalue weighted by Gasteiger charge is -2.43. The van der Waals surface area contributed by atoms with Crippen LogP contribution in [0.3, 0.4) is 0 Å². The molecule has 0 aromatic carbocycles. The molecule has 7 unspecified atom stereocenters. The molecule has 2 spiro atoms. The van der Waals surface area contributed by atoms with Crippen LogP contribution in [-0.2, 0) is 33.3 Å². The van der Waals surface area contributed by atoms with E-state index in [9.17, 15) is 19.5 Å². The third kappa shape index (κ3) is 1.22. The molecule has 4 aliphatic heterocycles. The first-order chi connectivity index (χ1) is 12.7. The molecule has 6 rings (SSSR count). The first kappa shape index (κ1) is 16.1. The summed E-state index contributed by atoms with van der Waals surface area (Å²) in [5.74, 6) is -3.01. The molecular weight excluding hydrogens is 356 g/mol. The minimum Gasteiger partial charge on any atom is -0.459 e. The SMILES string of the molecule is C=C(C)[C@@H]1CC2OC(=O)C34OC5OC(=O)CC51C23[C@@H](O)C1OC(=O)[C@@H](C)C14. The molecule has 4 heterocycles. The molecule has 0 amide bonds. The summed E-state index contributed by atoms with van der Waals surface area (Å²) in [6, 6.07) is 0. The van der Waals surface area contributed by atoms with Crippen LogP contribution in [0.4, 0.5) is 0 Å².